The van der Waals surface area contributed by atoms with Crippen molar-refractivity contribution in [1.29, 1.82) is 0 Å². The Labute approximate surface area is 179 Å². The second-order valence-electron chi connectivity index (χ2n) is 7.14. The van der Waals surface area contributed by atoms with Crippen molar-refractivity contribution in [2.45, 2.75) is 32.8 Å². The molecular weight excluding hydrogens is 402 g/mol. The molecule has 0 bridgehead atoms. The van der Waals surface area contributed by atoms with Crippen LogP contribution < -0.4 is 4.90 Å². The highest BCUT2D eigenvalue weighted by Gasteiger charge is 2.25. The lowest BCUT2D eigenvalue weighted by Gasteiger charge is -2.28. The third-order valence-corrected chi connectivity index (χ3v) is 6.06. The second kappa shape index (κ2) is 9.40. The molecule has 1 aliphatic heterocycles. The summed E-state index contributed by atoms with van der Waals surface area (Å²) in [6.45, 7) is 6.75. The van der Waals surface area contributed by atoms with E-state index in [9.17, 15) is 4.79 Å². The van der Waals surface area contributed by atoms with Crippen LogP contribution in [-0.2, 0) is 15.9 Å². The summed E-state index contributed by atoms with van der Waals surface area (Å²) in [6.07, 6.45) is 1.05. The van der Waals surface area contributed by atoms with Crippen molar-refractivity contribution in [3.63, 3.8) is 0 Å². The Hall–Kier alpha value is -2.71. The van der Waals surface area contributed by atoms with Gasteiger partial charge in [-0.25, -0.2) is 4.79 Å². The zero-order chi connectivity index (χ0) is 20.9. The summed E-state index contributed by atoms with van der Waals surface area (Å²) in [6, 6.07) is 12.0. The molecule has 0 N–H and O–H groups in total. The number of carbonyl (C=O) groups excluding carboxylic acids is 1. The largest absolute Gasteiger partial charge is 0.448 e. The average Bonchev–Trinajstić information content (AvgIpc) is 3.43. The summed E-state index contributed by atoms with van der Waals surface area (Å²) in [7, 11) is 0. The van der Waals surface area contributed by atoms with Crippen LogP contribution >= 0.6 is 11.3 Å². The summed E-state index contributed by atoms with van der Waals surface area (Å²) in [5.41, 5.74) is 2.11. The lowest BCUT2D eigenvalue weighted by atomic mass is 10.1. The number of esters is 1. The van der Waals surface area contributed by atoms with E-state index < -0.39 is 6.10 Å². The van der Waals surface area contributed by atoms with Crippen molar-refractivity contribution in [3.05, 3.63) is 53.0 Å². The molecule has 4 rings (SSSR count). The van der Waals surface area contributed by atoms with Gasteiger partial charge in [-0.15, -0.1) is 11.3 Å². The zero-order valence-electron chi connectivity index (χ0n) is 17.2. The van der Waals surface area contributed by atoms with E-state index in [1.165, 1.54) is 11.3 Å². The SMILES string of the molecule is CCCc1noc(C(C)OC(=O)c2cc(-c3ccccc3)c(N3CCOCC3)s2)n1. The third-order valence-electron chi connectivity index (χ3n) is 4.89. The van der Waals surface area contributed by atoms with Gasteiger partial charge in [-0.05, 0) is 25.0 Å². The van der Waals surface area contributed by atoms with Gasteiger partial charge >= 0.3 is 5.97 Å². The maximum absolute atomic E-state index is 12.9. The number of hydrogen-bond donors (Lipinski definition) is 0. The van der Waals surface area contributed by atoms with Crippen molar-refractivity contribution in [1.82, 2.24) is 10.1 Å². The molecule has 3 heterocycles. The monoisotopic (exact) mass is 427 g/mol. The van der Waals surface area contributed by atoms with E-state index in [0.29, 0.717) is 29.8 Å². The molecule has 1 aliphatic rings. The first-order valence-corrected chi connectivity index (χ1v) is 11.0. The van der Waals surface area contributed by atoms with E-state index in [0.717, 1.165) is 42.1 Å². The number of anilines is 1. The molecule has 1 aromatic carbocycles. The molecule has 3 aromatic rings. The van der Waals surface area contributed by atoms with Gasteiger partial charge in [0.25, 0.3) is 5.89 Å². The number of hydrogen-bond acceptors (Lipinski definition) is 8. The Morgan fingerprint density at radius 3 is 2.77 bits per heavy atom. The number of nitrogens with zero attached hydrogens (tertiary/aromatic N) is 3. The van der Waals surface area contributed by atoms with Crippen molar-refractivity contribution < 1.29 is 18.8 Å². The molecule has 7 nitrogen and oxygen atoms in total. The minimum absolute atomic E-state index is 0.319. The van der Waals surface area contributed by atoms with E-state index in [4.69, 9.17) is 14.0 Å². The zero-order valence-corrected chi connectivity index (χ0v) is 18.0. The Balaban J connectivity index is 1.56. The van der Waals surface area contributed by atoms with Gasteiger partial charge in [0.05, 0.1) is 18.2 Å². The van der Waals surface area contributed by atoms with Crippen LogP contribution in [0.1, 0.15) is 47.8 Å². The van der Waals surface area contributed by atoms with Crippen LogP contribution in [0.25, 0.3) is 11.1 Å². The number of morpholine rings is 1. The number of carbonyl (C=O) groups is 1. The highest BCUT2D eigenvalue weighted by Crippen LogP contribution is 2.40. The molecule has 0 aliphatic carbocycles. The number of ether oxygens (including phenoxy) is 2. The van der Waals surface area contributed by atoms with Gasteiger partial charge in [-0.3, -0.25) is 0 Å². The molecule has 158 valence electrons. The van der Waals surface area contributed by atoms with Gasteiger partial charge in [0.2, 0.25) is 0 Å². The predicted molar refractivity (Wildman–Crippen MR) is 115 cm³/mol. The highest BCUT2D eigenvalue weighted by atomic mass is 32.1. The first kappa shape index (κ1) is 20.6. The summed E-state index contributed by atoms with van der Waals surface area (Å²) in [5.74, 6) is 0.562. The van der Waals surface area contributed by atoms with Crippen LogP contribution in [0.3, 0.4) is 0 Å². The minimum Gasteiger partial charge on any atom is -0.448 e. The van der Waals surface area contributed by atoms with Crippen LogP contribution in [-0.4, -0.2) is 42.4 Å². The molecule has 1 saturated heterocycles. The summed E-state index contributed by atoms with van der Waals surface area (Å²) >= 11 is 1.45. The van der Waals surface area contributed by atoms with Crippen molar-refractivity contribution in [2.75, 3.05) is 31.2 Å². The lowest BCUT2D eigenvalue weighted by Crippen LogP contribution is -2.35. The van der Waals surface area contributed by atoms with Gasteiger partial charge in [0.15, 0.2) is 11.9 Å². The van der Waals surface area contributed by atoms with Crippen LogP contribution in [0.4, 0.5) is 5.00 Å². The van der Waals surface area contributed by atoms with Gasteiger partial charge in [0.1, 0.15) is 4.88 Å². The second-order valence-corrected chi connectivity index (χ2v) is 8.17. The highest BCUT2D eigenvalue weighted by molar-refractivity contribution is 7.18. The Kier molecular flexibility index (Phi) is 6.44. The molecule has 1 atom stereocenters. The number of thiophene rings is 1. The standard InChI is InChI=1S/C22H25N3O4S/c1-3-7-19-23-20(29-24-19)15(2)28-22(26)18-14-17(16-8-5-4-6-9-16)21(30-18)25-10-12-27-13-11-25/h4-6,8-9,14-15H,3,7,10-13H2,1-2H3. The summed E-state index contributed by atoms with van der Waals surface area (Å²) in [4.78, 5) is 20.0. The van der Waals surface area contributed by atoms with Crippen LogP contribution in [0.15, 0.2) is 40.9 Å². The molecule has 0 radical (unpaired) electrons. The summed E-state index contributed by atoms with van der Waals surface area (Å²) < 4.78 is 16.4. The molecule has 30 heavy (non-hydrogen) atoms. The van der Waals surface area contributed by atoms with Crippen LogP contribution in [0.5, 0.6) is 0 Å². The van der Waals surface area contributed by atoms with Gasteiger partial charge < -0.3 is 18.9 Å². The fourth-order valence-corrected chi connectivity index (χ4v) is 4.45. The van der Waals surface area contributed by atoms with Gasteiger partial charge in [-0.2, -0.15) is 4.98 Å². The van der Waals surface area contributed by atoms with Crippen molar-refractivity contribution >= 4 is 22.3 Å². The van der Waals surface area contributed by atoms with E-state index in [1.807, 2.05) is 31.2 Å². The number of aromatic nitrogens is 2. The molecule has 1 fully saturated rings. The number of benzene rings is 1. The number of aryl methyl sites for hydroxylation is 1. The van der Waals surface area contributed by atoms with E-state index in [1.54, 1.807) is 6.92 Å². The maximum atomic E-state index is 12.9. The molecule has 1 unspecified atom stereocenters. The maximum Gasteiger partial charge on any atom is 0.349 e. The molecular formula is C22H25N3O4S. The quantitative estimate of drug-likeness (QED) is 0.514. The van der Waals surface area contributed by atoms with Gasteiger partial charge in [-0.1, -0.05) is 42.4 Å². The van der Waals surface area contributed by atoms with Crippen LogP contribution in [0, 0.1) is 0 Å². The van der Waals surface area contributed by atoms with Crippen molar-refractivity contribution in [2.24, 2.45) is 0 Å². The molecule has 0 amide bonds. The van der Waals surface area contributed by atoms with Crippen LogP contribution in [0.2, 0.25) is 0 Å². The molecule has 2 aromatic heterocycles. The van der Waals surface area contributed by atoms with E-state index in [-0.39, 0.29) is 5.97 Å². The molecule has 8 heteroatoms. The minimum atomic E-state index is -0.607. The Bertz CT molecular complexity index is 979. The third kappa shape index (κ3) is 4.55. The number of rotatable bonds is 7. The summed E-state index contributed by atoms with van der Waals surface area (Å²) in [5, 5.41) is 4.99. The van der Waals surface area contributed by atoms with Crippen molar-refractivity contribution in [3.8, 4) is 11.1 Å². The molecule has 0 saturated carbocycles. The fraction of sp³-hybridized carbons (Fsp3) is 0.409. The molecule has 0 spiro atoms. The Morgan fingerprint density at radius 1 is 1.27 bits per heavy atom. The smallest absolute Gasteiger partial charge is 0.349 e. The predicted octanol–water partition coefficient (Wildman–Crippen LogP) is 4.51. The normalized spacial score (nSPS) is 15.2. The van der Waals surface area contributed by atoms with E-state index in [2.05, 4.69) is 27.2 Å². The topological polar surface area (TPSA) is 77.7 Å². The first-order valence-electron chi connectivity index (χ1n) is 10.2. The Morgan fingerprint density at radius 2 is 2.03 bits per heavy atom. The lowest BCUT2D eigenvalue weighted by molar-refractivity contribution is 0.0271. The first-order chi connectivity index (χ1) is 14.7. The average molecular weight is 428 g/mol. The van der Waals surface area contributed by atoms with Gasteiger partial charge in [0, 0.05) is 25.1 Å². The van der Waals surface area contributed by atoms with E-state index >= 15 is 0 Å². The fourth-order valence-electron chi connectivity index (χ4n) is 3.33.